The molecular weight excluding hydrogens is 206 g/mol. The van der Waals surface area contributed by atoms with Crippen LogP contribution in [0.3, 0.4) is 0 Å². The molecule has 5 nitrogen and oxygen atoms in total. The molecule has 0 radical (unpaired) electrons. The van der Waals surface area contributed by atoms with Crippen molar-refractivity contribution in [1.82, 2.24) is 15.5 Å². The molecule has 1 heterocycles. The van der Waals surface area contributed by atoms with Crippen LogP contribution in [-0.4, -0.2) is 54.4 Å². The van der Waals surface area contributed by atoms with Gasteiger partial charge in [0.15, 0.2) is 0 Å². The number of hydrogen-bond donors (Lipinski definition) is 3. The number of carbonyl (C=O) groups is 1. The van der Waals surface area contributed by atoms with Gasteiger partial charge in [0.2, 0.25) is 0 Å². The van der Waals surface area contributed by atoms with Crippen molar-refractivity contribution in [2.24, 2.45) is 0 Å². The van der Waals surface area contributed by atoms with Crippen molar-refractivity contribution in [3.63, 3.8) is 0 Å². The summed E-state index contributed by atoms with van der Waals surface area (Å²) in [6, 6.07) is 0.0336. The van der Waals surface area contributed by atoms with Gasteiger partial charge in [-0.05, 0) is 12.8 Å². The number of rotatable bonds is 5. The molecule has 1 saturated heterocycles. The lowest BCUT2D eigenvalue weighted by molar-refractivity contribution is 0.160. The number of nitrogens with one attached hydrogen (secondary N) is 2. The Balaban J connectivity index is 1.72. The first-order valence-corrected chi connectivity index (χ1v) is 6.14. The summed E-state index contributed by atoms with van der Waals surface area (Å²) in [7, 11) is 0. The van der Waals surface area contributed by atoms with Crippen LogP contribution in [0.2, 0.25) is 0 Å². The summed E-state index contributed by atoms with van der Waals surface area (Å²) >= 11 is 0. The average molecular weight is 227 g/mol. The first-order chi connectivity index (χ1) is 7.76. The fourth-order valence-corrected chi connectivity index (χ4v) is 2.62. The van der Waals surface area contributed by atoms with Crippen molar-refractivity contribution in [3.8, 4) is 0 Å². The van der Waals surface area contributed by atoms with E-state index in [9.17, 15) is 9.90 Å². The van der Waals surface area contributed by atoms with E-state index in [0.717, 1.165) is 39.0 Å². The molecule has 2 rings (SSSR count). The Kier molecular flexibility index (Phi) is 3.66. The Morgan fingerprint density at radius 2 is 2.19 bits per heavy atom. The third-order valence-corrected chi connectivity index (χ3v) is 3.69. The fraction of sp³-hybridized carbons (Fsp3) is 0.909. The van der Waals surface area contributed by atoms with Gasteiger partial charge in [-0.2, -0.15) is 0 Å². The Morgan fingerprint density at radius 1 is 1.44 bits per heavy atom. The van der Waals surface area contributed by atoms with Gasteiger partial charge in [-0.1, -0.05) is 12.8 Å². The van der Waals surface area contributed by atoms with Crippen molar-refractivity contribution < 1.29 is 9.90 Å². The molecule has 3 N–H and O–H groups in total. The van der Waals surface area contributed by atoms with Crippen molar-refractivity contribution in [2.45, 2.75) is 31.2 Å². The molecule has 0 atom stereocenters. The molecule has 0 spiro atoms. The van der Waals surface area contributed by atoms with Crippen LogP contribution in [0.1, 0.15) is 25.7 Å². The van der Waals surface area contributed by atoms with Crippen LogP contribution in [0.25, 0.3) is 0 Å². The molecule has 2 amide bonds. The molecule has 1 aliphatic carbocycles. The zero-order chi connectivity index (χ0) is 11.4. The van der Waals surface area contributed by atoms with E-state index < -0.39 is 0 Å². The third-order valence-electron chi connectivity index (χ3n) is 3.69. The van der Waals surface area contributed by atoms with Gasteiger partial charge < -0.3 is 20.6 Å². The SMILES string of the molecule is O=C1NCCN1CCNC1(CO)CCCC1. The molecule has 0 aromatic heterocycles. The number of carbonyl (C=O) groups excluding carboxylic acids is 1. The highest BCUT2D eigenvalue weighted by molar-refractivity contribution is 5.76. The quantitative estimate of drug-likeness (QED) is 0.615. The Morgan fingerprint density at radius 3 is 2.75 bits per heavy atom. The van der Waals surface area contributed by atoms with Crippen LogP contribution in [0.4, 0.5) is 4.79 Å². The van der Waals surface area contributed by atoms with Gasteiger partial charge in [0.1, 0.15) is 0 Å². The van der Waals surface area contributed by atoms with Crippen molar-refractivity contribution in [3.05, 3.63) is 0 Å². The van der Waals surface area contributed by atoms with E-state index in [2.05, 4.69) is 10.6 Å². The van der Waals surface area contributed by atoms with E-state index in [1.807, 2.05) is 4.90 Å². The second-order valence-corrected chi connectivity index (χ2v) is 4.79. The second kappa shape index (κ2) is 5.01. The highest BCUT2D eigenvalue weighted by atomic mass is 16.3. The summed E-state index contributed by atoms with van der Waals surface area (Å²) < 4.78 is 0. The van der Waals surface area contributed by atoms with E-state index in [4.69, 9.17) is 0 Å². The van der Waals surface area contributed by atoms with Gasteiger partial charge >= 0.3 is 6.03 Å². The largest absolute Gasteiger partial charge is 0.394 e. The maximum atomic E-state index is 11.3. The van der Waals surface area contributed by atoms with E-state index >= 15 is 0 Å². The Labute approximate surface area is 96.2 Å². The molecule has 0 aromatic rings. The standard InChI is InChI=1S/C11H21N3O2/c15-9-11(3-1-2-4-11)13-6-8-14-7-5-12-10(14)16/h13,15H,1-9H2,(H,12,16). The maximum absolute atomic E-state index is 11.3. The molecule has 2 aliphatic rings. The third kappa shape index (κ3) is 2.47. The molecule has 0 bridgehead atoms. The molecule has 0 aromatic carbocycles. The van der Waals surface area contributed by atoms with Gasteiger partial charge in [0, 0.05) is 31.7 Å². The number of amides is 2. The van der Waals surface area contributed by atoms with Crippen LogP contribution in [0, 0.1) is 0 Å². The van der Waals surface area contributed by atoms with E-state index in [-0.39, 0.29) is 18.2 Å². The maximum Gasteiger partial charge on any atom is 0.317 e. The molecule has 1 saturated carbocycles. The predicted octanol–water partition coefficient (Wildman–Crippen LogP) is -0.0937. The molecule has 2 fully saturated rings. The fourth-order valence-electron chi connectivity index (χ4n) is 2.62. The number of urea groups is 1. The summed E-state index contributed by atoms with van der Waals surface area (Å²) in [6.07, 6.45) is 4.49. The molecule has 1 aliphatic heterocycles. The summed E-state index contributed by atoms with van der Waals surface area (Å²) in [5.41, 5.74) is -0.0732. The Hall–Kier alpha value is -0.810. The number of hydrogen-bond acceptors (Lipinski definition) is 3. The van der Waals surface area contributed by atoms with Gasteiger partial charge in [-0.15, -0.1) is 0 Å². The highest BCUT2D eigenvalue weighted by Crippen LogP contribution is 2.28. The predicted molar refractivity (Wildman–Crippen MR) is 61.3 cm³/mol. The number of aliphatic hydroxyl groups is 1. The lowest BCUT2D eigenvalue weighted by atomic mass is 9.99. The smallest absolute Gasteiger partial charge is 0.317 e. The van der Waals surface area contributed by atoms with E-state index in [1.165, 1.54) is 12.8 Å². The molecule has 16 heavy (non-hydrogen) atoms. The van der Waals surface area contributed by atoms with Crippen molar-refractivity contribution in [1.29, 1.82) is 0 Å². The molecule has 5 heteroatoms. The number of aliphatic hydroxyl groups excluding tert-OH is 1. The first kappa shape index (κ1) is 11.7. The van der Waals surface area contributed by atoms with Crippen LogP contribution in [0.15, 0.2) is 0 Å². The first-order valence-electron chi connectivity index (χ1n) is 6.14. The van der Waals surface area contributed by atoms with Crippen LogP contribution >= 0.6 is 0 Å². The van der Waals surface area contributed by atoms with Crippen molar-refractivity contribution >= 4 is 6.03 Å². The summed E-state index contributed by atoms with van der Waals surface area (Å²) in [4.78, 5) is 13.1. The normalized spacial score (nSPS) is 23.8. The van der Waals surface area contributed by atoms with E-state index in [1.54, 1.807) is 0 Å². The van der Waals surface area contributed by atoms with E-state index in [0.29, 0.717) is 0 Å². The molecular formula is C11H21N3O2. The zero-order valence-corrected chi connectivity index (χ0v) is 9.67. The van der Waals surface area contributed by atoms with Gasteiger partial charge in [-0.3, -0.25) is 0 Å². The minimum absolute atomic E-state index is 0.0336. The van der Waals surface area contributed by atoms with Gasteiger partial charge in [0.05, 0.1) is 6.61 Å². The summed E-state index contributed by atoms with van der Waals surface area (Å²) in [5.74, 6) is 0. The number of nitrogens with zero attached hydrogens (tertiary/aromatic N) is 1. The zero-order valence-electron chi connectivity index (χ0n) is 9.67. The lowest BCUT2D eigenvalue weighted by Gasteiger charge is -2.29. The Bertz CT molecular complexity index is 252. The highest BCUT2D eigenvalue weighted by Gasteiger charge is 2.32. The van der Waals surface area contributed by atoms with Crippen LogP contribution in [-0.2, 0) is 0 Å². The van der Waals surface area contributed by atoms with Crippen LogP contribution in [0.5, 0.6) is 0 Å². The molecule has 0 unspecified atom stereocenters. The lowest BCUT2D eigenvalue weighted by Crippen LogP contribution is -2.49. The second-order valence-electron chi connectivity index (χ2n) is 4.79. The average Bonchev–Trinajstić information content (AvgIpc) is 2.90. The van der Waals surface area contributed by atoms with Crippen molar-refractivity contribution in [2.75, 3.05) is 32.8 Å². The van der Waals surface area contributed by atoms with Gasteiger partial charge in [-0.25, -0.2) is 4.79 Å². The van der Waals surface area contributed by atoms with Gasteiger partial charge in [0.25, 0.3) is 0 Å². The van der Waals surface area contributed by atoms with Crippen LogP contribution < -0.4 is 10.6 Å². The molecule has 92 valence electrons. The topological polar surface area (TPSA) is 64.6 Å². The monoisotopic (exact) mass is 227 g/mol. The summed E-state index contributed by atoms with van der Waals surface area (Å²) in [6.45, 7) is 3.26. The minimum Gasteiger partial charge on any atom is -0.394 e. The minimum atomic E-state index is -0.0732. The summed E-state index contributed by atoms with van der Waals surface area (Å²) in [5, 5.41) is 15.6.